The molecule has 0 bridgehead atoms. The largest absolute Gasteiger partial charge is 0.481 e. The molecular weight excluding hydrogens is 444 g/mol. The third-order valence-electron chi connectivity index (χ3n) is 6.45. The average molecular weight is 481 g/mol. The van der Waals surface area contributed by atoms with Crippen LogP contribution in [0.4, 0.5) is 4.79 Å². The van der Waals surface area contributed by atoms with E-state index in [-0.39, 0.29) is 43.2 Å². The van der Waals surface area contributed by atoms with E-state index in [9.17, 15) is 14.4 Å². The third-order valence-corrected chi connectivity index (χ3v) is 6.45. The molecular formula is C28H36N2O5. The first-order valence-electron chi connectivity index (χ1n) is 12.4. The van der Waals surface area contributed by atoms with Crippen LogP contribution in [0.2, 0.25) is 0 Å². The quantitative estimate of drug-likeness (QED) is 0.399. The average Bonchev–Trinajstić information content (AvgIpc) is 3.14. The van der Waals surface area contributed by atoms with Gasteiger partial charge in [-0.25, -0.2) is 4.79 Å². The molecule has 35 heavy (non-hydrogen) atoms. The molecule has 188 valence electrons. The van der Waals surface area contributed by atoms with Crippen molar-refractivity contribution in [1.82, 2.24) is 10.6 Å². The minimum atomic E-state index is -0.867. The third kappa shape index (κ3) is 7.31. The van der Waals surface area contributed by atoms with E-state index >= 15 is 0 Å². The highest BCUT2D eigenvalue weighted by Crippen LogP contribution is 2.44. The molecule has 3 rings (SSSR count). The molecule has 0 saturated heterocycles. The number of fused-ring (bicyclic) bond motifs is 3. The van der Waals surface area contributed by atoms with E-state index in [1.165, 1.54) is 11.1 Å². The maximum atomic E-state index is 12.6. The first-order chi connectivity index (χ1) is 16.8. The molecule has 0 aliphatic heterocycles. The lowest BCUT2D eigenvalue weighted by atomic mass is 9.94. The highest BCUT2D eigenvalue weighted by Gasteiger charge is 2.29. The second-order valence-electron chi connectivity index (χ2n) is 9.68. The van der Waals surface area contributed by atoms with Crippen LogP contribution in [0.15, 0.2) is 48.5 Å². The van der Waals surface area contributed by atoms with Crippen molar-refractivity contribution < 1.29 is 24.2 Å². The van der Waals surface area contributed by atoms with Crippen molar-refractivity contribution in [2.24, 2.45) is 11.8 Å². The van der Waals surface area contributed by atoms with Crippen molar-refractivity contribution in [3.63, 3.8) is 0 Å². The fraction of sp³-hybridized carbons (Fsp3) is 0.464. The van der Waals surface area contributed by atoms with Crippen LogP contribution in [0.5, 0.6) is 0 Å². The van der Waals surface area contributed by atoms with Crippen LogP contribution in [0.1, 0.15) is 63.5 Å². The van der Waals surface area contributed by atoms with Crippen molar-refractivity contribution in [3.8, 4) is 11.1 Å². The fourth-order valence-electron chi connectivity index (χ4n) is 4.81. The Hall–Kier alpha value is -3.35. The number of alkyl carbamates (subject to hydrolysis) is 1. The number of carboxylic acid groups (broad SMARTS) is 1. The number of ether oxygens (including phenoxy) is 1. The van der Waals surface area contributed by atoms with Gasteiger partial charge >= 0.3 is 12.1 Å². The smallest absolute Gasteiger partial charge is 0.407 e. The summed E-state index contributed by atoms with van der Waals surface area (Å²) in [5.41, 5.74) is 4.62. The van der Waals surface area contributed by atoms with Gasteiger partial charge in [0, 0.05) is 31.3 Å². The number of carbonyl (C=O) groups is 3. The molecule has 0 unspecified atom stereocenters. The van der Waals surface area contributed by atoms with Crippen molar-refractivity contribution in [2.75, 3.05) is 13.2 Å². The summed E-state index contributed by atoms with van der Waals surface area (Å²) >= 11 is 0. The molecule has 2 aromatic rings. The van der Waals surface area contributed by atoms with Crippen LogP contribution in [0.25, 0.3) is 11.1 Å². The van der Waals surface area contributed by atoms with E-state index in [1.807, 2.05) is 45.0 Å². The molecule has 0 spiro atoms. The second-order valence-corrected chi connectivity index (χ2v) is 9.68. The fourth-order valence-corrected chi connectivity index (χ4v) is 4.81. The number of aliphatic carboxylic acids is 1. The zero-order chi connectivity index (χ0) is 25.4. The van der Waals surface area contributed by atoms with E-state index in [0.717, 1.165) is 17.5 Å². The van der Waals surface area contributed by atoms with E-state index in [0.29, 0.717) is 18.9 Å². The zero-order valence-corrected chi connectivity index (χ0v) is 20.8. The standard InChI is InChI=1S/C28H36N2O5/c1-4-20(15-26(31)29-16-19(13-18(2)3)14-27(32)33)30-28(34)35-17-25-23-11-7-5-9-21(23)22-10-6-8-12-24(22)25/h5-12,18-20,25H,4,13-17H2,1-3H3,(H,29,31)(H,30,34)(H,32,33)/t19-,20+/m0/s1. The van der Waals surface area contributed by atoms with Crippen LogP contribution < -0.4 is 10.6 Å². The molecule has 1 aliphatic carbocycles. The topological polar surface area (TPSA) is 105 Å². The number of hydrogen-bond acceptors (Lipinski definition) is 4. The van der Waals surface area contributed by atoms with Crippen LogP contribution >= 0.6 is 0 Å². The Bertz CT molecular complexity index is 990. The molecule has 0 radical (unpaired) electrons. The van der Waals surface area contributed by atoms with Crippen molar-refractivity contribution in [3.05, 3.63) is 59.7 Å². The number of hydrogen-bond donors (Lipinski definition) is 3. The van der Waals surface area contributed by atoms with Crippen molar-refractivity contribution in [1.29, 1.82) is 0 Å². The van der Waals surface area contributed by atoms with Gasteiger partial charge in [-0.05, 0) is 46.9 Å². The summed E-state index contributed by atoms with van der Waals surface area (Å²) in [6.45, 7) is 6.48. The van der Waals surface area contributed by atoms with Gasteiger partial charge in [0.25, 0.3) is 0 Å². The normalized spacial score (nSPS) is 14.1. The monoisotopic (exact) mass is 480 g/mol. The summed E-state index contributed by atoms with van der Waals surface area (Å²) in [6, 6.07) is 15.9. The van der Waals surface area contributed by atoms with Gasteiger partial charge in [-0.2, -0.15) is 0 Å². The van der Waals surface area contributed by atoms with E-state index in [2.05, 4.69) is 34.9 Å². The van der Waals surface area contributed by atoms with Crippen LogP contribution in [0.3, 0.4) is 0 Å². The maximum Gasteiger partial charge on any atom is 0.407 e. The summed E-state index contributed by atoms with van der Waals surface area (Å²) in [4.78, 5) is 36.1. The minimum absolute atomic E-state index is 0.0215. The van der Waals surface area contributed by atoms with Crippen LogP contribution in [0, 0.1) is 11.8 Å². The predicted octanol–water partition coefficient (Wildman–Crippen LogP) is 4.95. The Morgan fingerprint density at radius 2 is 1.57 bits per heavy atom. The SMILES string of the molecule is CC[C@H](CC(=O)NC[C@H](CC(=O)O)CC(C)C)NC(=O)OCC1c2ccccc2-c2ccccc21. The van der Waals surface area contributed by atoms with Crippen molar-refractivity contribution in [2.45, 2.75) is 58.4 Å². The zero-order valence-electron chi connectivity index (χ0n) is 20.8. The molecule has 0 fully saturated rings. The summed E-state index contributed by atoms with van der Waals surface area (Å²) in [5, 5.41) is 14.7. The van der Waals surface area contributed by atoms with Gasteiger partial charge in [-0.15, -0.1) is 0 Å². The Morgan fingerprint density at radius 1 is 0.971 bits per heavy atom. The number of rotatable bonds is 12. The minimum Gasteiger partial charge on any atom is -0.481 e. The van der Waals surface area contributed by atoms with Gasteiger partial charge in [0.15, 0.2) is 0 Å². The molecule has 0 saturated carbocycles. The van der Waals surface area contributed by atoms with Gasteiger partial charge in [0.1, 0.15) is 6.61 Å². The lowest BCUT2D eigenvalue weighted by Crippen LogP contribution is -2.40. The molecule has 3 N–H and O–H groups in total. The highest BCUT2D eigenvalue weighted by atomic mass is 16.5. The summed E-state index contributed by atoms with van der Waals surface area (Å²) < 4.78 is 5.59. The molecule has 7 nitrogen and oxygen atoms in total. The Kier molecular flexibility index (Phi) is 9.29. The number of benzene rings is 2. The second kappa shape index (κ2) is 12.4. The van der Waals surface area contributed by atoms with E-state index < -0.39 is 12.1 Å². The first kappa shape index (κ1) is 26.3. The molecule has 7 heteroatoms. The predicted molar refractivity (Wildman–Crippen MR) is 135 cm³/mol. The highest BCUT2D eigenvalue weighted by molar-refractivity contribution is 5.79. The molecule has 2 amide bonds. The summed E-state index contributed by atoms with van der Waals surface area (Å²) in [6.07, 6.45) is 0.884. The maximum absolute atomic E-state index is 12.6. The number of carbonyl (C=O) groups excluding carboxylic acids is 2. The Morgan fingerprint density at radius 3 is 2.11 bits per heavy atom. The molecule has 2 atom stereocenters. The van der Waals surface area contributed by atoms with Gasteiger partial charge < -0.3 is 20.5 Å². The van der Waals surface area contributed by atoms with E-state index in [4.69, 9.17) is 9.84 Å². The molecule has 1 aliphatic rings. The van der Waals surface area contributed by atoms with Gasteiger partial charge in [0.2, 0.25) is 5.91 Å². The number of nitrogens with one attached hydrogen (secondary N) is 2. The Labute approximate surface area is 207 Å². The van der Waals surface area contributed by atoms with Crippen LogP contribution in [-0.2, 0) is 14.3 Å². The number of amides is 2. The molecule has 2 aromatic carbocycles. The Balaban J connectivity index is 1.50. The molecule has 0 heterocycles. The lowest BCUT2D eigenvalue weighted by molar-refractivity contribution is -0.138. The van der Waals surface area contributed by atoms with Gasteiger partial charge in [0.05, 0.1) is 0 Å². The first-order valence-corrected chi connectivity index (χ1v) is 12.4. The number of carboxylic acids is 1. The molecule has 0 aromatic heterocycles. The summed E-state index contributed by atoms with van der Waals surface area (Å²) in [5.74, 6) is -0.881. The summed E-state index contributed by atoms with van der Waals surface area (Å²) in [7, 11) is 0. The van der Waals surface area contributed by atoms with Gasteiger partial charge in [-0.1, -0.05) is 69.3 Å². The van der Waals surface area contributed by atoms with Gasteiger partial charge in [-0.3, -0.25) is 9.59 Å². The van der Waals surface area contributed by atoms with Crippen molar-refractivity contribution >= 4 is 18.0 Å². The lowest BCUT2D eigenvalue weighted by Gasteiger charge is -2.20. The van der Waals surface area contributed by atoms with E-state index in [1.54, 1.807) is 0 Å². The van der Waals surface area contributed by atoms with Crippen LogP contribution in [-0.4, -0.2) is 42.3 Å².